The van der Waals surface area contributed by atoms with Crippen LogP contribution in [-0.4, -0.2) is 30.2 Å². The Bertz CT molecular complexity index is 1870. The number of hydrogen-bond donors (Lipinski definition) is 2. The van der Waals surface area contributed by atoms with Crippen molar-refractivity contribution < 1.29 is 27.5 Å². The summed E-state index contributed by atoms with van der Waals surface area (Å²) in [6, 6.07) is 15.8. The van der Waals surface area contributed by atoms with Gasteiger partial charge in [0.25, 0.3) is 10.0 Å². The molecule has 0 saturated heterocycles. The van der Waals surface area contributed by atoms with E-state index in [0.717, 1.165) is 11.1 Å². The van der Waals surface area contributed by atoms with Gasteiger partial charge in [-0.2, -0.15) is 10.4 Å². The van der Waals surface area contributed by atoms with Crippen LogP contribution in [-0.2, 0) is 19.6 Å². The van der Waals surface area contributed by atoms with E-state index in [2.05, 4.69) is 15.3 Å². The Labute approximate surface area is 251 Å². The minimum absolute atomic E-state index is 0.00568. The summed E-state index contributed by atoms with van der Waals surface area (Å²) in [4.78, 5) is 22.6. The number of hydrogen-bond acceptors (Lipinski definition) is 9. The maximum absolute atomic E-state index is 13.5. The number of esters is 1. The Morgan fingerprint density at radius 3 is 2.29 bits per heavy atom. The van der Waals surface area contributed by atoms with Crippen molar-refractivity contribution in [1.82, 2.24) is 3.97 Å². The van der Waals surface area contributed by atoms with Crippen LogP contribution in [0.3, 0.4) is 0 Å². The zero-order chi connectivity index (χ0) is 30.8. The summed E-state index contributed by atoms with van der Waals surface area (Å²) in [5.41, 5.74) is 8.83. The lowest BCUT2D eigenvalue weighted by Crippen LogP contribution is -2.24. The summed E-state index contributed by atoms with van der Waals surface area (Å²) in [7, 11) is -3.87. The van der Waals surface area contributed by atoms with Crippen LogP contribution in [0.4, 0.5) is 10.5 Å². The van der Waals surface area contributed by atoms with Crippen molar-refractivity contribution >= 4 is 67.6 Å². The first-order valence-corrected chi connectivity index (χ1v) is 14.4. The molecule has 0 aliphatic rings. The number of carbonyl (C=O) groups excluding carboxylic acids is 2. The van der Waals surface area contributed by atoms with Gasteiger partial charge >= 0.3 is 12.1 Å². The van der Waals surface area contributed by atoms with Gasteiger partial charge in [-0.3, -0.25) is 5.43 Å². The van der Waals surface area contributed by atoms with Crippen molar-refractivity contribution in [2.24, 2.45) is 10.8 Å². The topological polar surface area (TPSA) is 166 Å². The van der Waals surface area contributed by atoms with Gasteiger partial charge in [0, 0.05) is 11.6 Å². The number of fused-ring (bicyclic) bond motifs is 1. The summed E-state index contributed by atoms with van der Waals surface area (Å²) >= 11 is 12.8. The molecule has 0 bridgehead atoms. The lowest BCUT2D eigenvalue weighted by molar-refractivity contribution is -0.129. The molecule has 4 rings (SSSR count). The molecule has 0 spiro atoms. The number of nitriles is 1. The minimum atomic E-state index is -3.87. The Balaban J connectivity index is 1.66. The number of ether oxygens (including phenoxy) is 2. The monoisotopic (exact) mass is 627 g/mol. The molecule has 11 nitrogen and oxygen atoms in total. The molecule has 0 aliphatic carbocycles. The van der Waals surface area contributed by atoms with Gasteiger partial charge in [-0.1, -0.05) is 54.7 Å². The zero-order valence-corrected chi connectivity index (χ0v) is 24.7. The quantitative estimate of drug-likeness (QED) is 0.0990. The van der Waals surface area contributed by atoms with Crippen LogP contribution in [0.15, 0.2) is 70.8 Å². The van der Waals surface area contributed by atoms with E-state index in [9.17, 15) is 18.0 Å². The number of carbonyl (C=O) groups is 2. The van der Waals surface area contributed by atoms with Gasteiger partial charge < -0.3 is 15.2 Å². The normalized spacial score (nSPS) is 11.8. The Morgan fingerprint density at radius 1 is 1.07 bits per heavy atom. The van der Waals surface area contributed by atoms with Crippen molar-refractivity contribution in [3.8, 4) is 17.6 Å². The fraction of sp³-hybridized carbons (Fsp3) is 0.143. The molecule has 3 N–H and O–H groups in total. The molecule has 216 valence electrons. The zero-order valence-electron chi connectivity index (χ0n) is 22.4. The third-order valence-corrected chi connectivity index (χ3v) is 8.23. The molecule has 14 heteroatoms. The number of hydrazone groups is 1. The third kappa shape index (κ3) is 6.33. The van der Waals surface area contributed by atoms with Gasteiger partial charge in [0.15, 0.2) is 5.75 Å². The summed E-state index contributed by atoms with van der Waals surface area (Å²) in [6.45, 7) is 5.80. The molecule has 4 aromatic rings. The predicted octanol–water partition coefficient (Wildman–Crippen LogP) is 6.32. The number of benzene rings is 3. The number of anilines is 1. The number of amides is 1. The molecule has 0 fully saturated rings. The summed E-state index contributed by atoms with van der Waals surface area (Å²) in [5, 5.41) is 13.4. The SMILES string of the molecule is Cc1ccc(S(=O)(=O)n2cc(C(C)C)c3cc(Oc4c(Cl)cc(N/N=C(/C#N)C(=O)OC(N)=O)cc4Cl)ccc32)cc1. The maximum atomic E-state index is 13.5. The van der Waals surface area contributed by atoms with E-state index in [1.807, 2.05) is 20.8 Å². The molecule has 0 saturated carbocycles. The Hall–Kier alpha value is -4.57. The molecule has 1 heterocycles. The van der Waals surface area contributed by atoms with Gasteiger partial charge in [0.05, 0.1) is 26.1 Å². The van der Waals surface area contributed by atoms with Crippen molar-refractivity contribution in [2.75, 3.05) is 5.43 Å². The van der Waals surface area contributed by atoms with Gasteiger partial charge in [-0.25, -0.2) is 22.0 Å². The van der Waals surface area contributed by atoms with Gasteiger partial charge in [0.2, 0.25) is 5.71 Å². The van der Waals surface area contributed by atoms with E-state index < -0.39 is 27.8 Å². The van der Waals surface area contributed by atoms with Crippen LogP contribution < -0.4 is 15.9 Å². The highest BCUT2D eigenvalue weighted by molar-refractivity contribution is 7.90. The maximum Gasteiger partial charge on any atom is 0.412 e. The molecule has 1 aromatic heterocycles. The second kappa shape index (κ2) is 12.1. The van der Waals surface area contributed by atoms with Crippen LogP contribution in [0.1, 0.15) is 30.9 Å². The first-order valence-electron chi connectivity index (χ1n) is 12.2. The van der Waals surface area contributed by atoms with Gasteiger partial charge in [0.1, 0.15) is 11.8 Å². The molecule has 1 amide bonds. The predicted molar refractivity (Wildman–Crippen MR) is 159 cm³/mol. The second-order valence-corrected chi connectivity index (χ2v) is 11.9. The number of rotatable bonds is 8. The minimum Gasteiger partial charge on any atom is -0.454 e. The van der Waals surface area contributed by atoms with Gasteiger partial charge in [-0.15, -0.1) is 0 Å². The second-order valence-electron chi connectivity index (χ2n) is 9.30. The highest BCUT2D eigenvalue weighted by Gasteiger charge is 2.23. The number of aryl methyl sites for hydroxylation is 1. The summed E-state index contributed by atoms with van der Waals surface area (Å²) in [6.07, 6.45) is 0.225. The molecule has 42 heavy (non-hydrogen) atoms. The fourth-order valence-corrected chi connectivity index (χ4v) is 5.91. The lowest BCUT2D eigenvalue weighted by atomic mass is 10.0. The average molecular weight is 628 g/mol. The van der Waals surface area contributed by atoms with Crippen molar-refractivity contribution in [2.45, 2.75) is 31.6 Å². The summed E-state index contributed by atoms with van der Waals surface area (Å²) in [5.74, 6) is -0.905. The smallest absolute Gasteiger partial charge is 0.412 e. The molecule has 0 unspecified atom stereocenters. The molecular formula is C28H23Cl2N5O6S. The number of nitrogens with one attached hydrogen (secondary N) is 1. The molecular weight excluding hydrogens is 605 g/mol. The van der Waals surface area contributed by atoms with Crippen molar-refractivity contribution in [3.05, 3.63) is 82.0 Å². The third-order valence-electron chi connectivity index (χ3n) is 5.98. The van der Waals surface area contributed by atoms with E-state index in [1.165, 1.54) is 22.2 Å². The highest BCUT2D eigenvalue weighted by atomic mass is 35.5. The summed E-state index contributed by atoms with van der Waals surface area (Å²) < 4.78 is 38.4. The molecule has 0 atom stereocenters. The van der Waals surface area contributed by atoms with Crippen LogP contribution >= 0.6 is 23.2 Å². The largest absolute Gasteiger partial charge is 0.454 e. The van der Waals surface area contributed by atoms with Crippen LogP contribution in [0, 0.1) is 18.3 Å². The van der Waals surface area contributed by atoms with Crippen LogP contribution in [0.2, 0.25) is 10.0 Å². The molecule has 3 aromatic carbocycles. The fourth-order valence-electron chi connectivity index (χ4n) is 3.97. The van der Waals surface area contributed by atoms with E-state index in [4.69, 9.17) is 38.9 Å². The van der Waals surface area contributed by atoms with E-state index in [1.54, 1.807) is 48.7 Å². The van der Waals surface area contributed by atoms with E-state index in [0.29, 0.717) is 16.7 Å². The van der Waals surface area contributed by atoms with Crippen molar-refractivity contribution in [1.29, 1.82) is 5.26 Å². The Morgan fingerprint density at radius 2 is 1.71 bits per heavy atom. The van der Waals surface area contributed by atoms with E-state index >= 15 is 0 Å². The van der Waals surface area contributed by atoms with Gasteiger partial charge in [-0.05, 0) is 60.9 Å². The molecule has 0 aliphatic heterocycles. The Kier molecular flexibility index (Phi) is 8.77. The van der Waals surface area contributed by atoms with Crippen LogP contribution in [0.5, 0.6) is 11.5 Å². The first kappa shape index (κ1) is 30.4. The lowest BCUT2D eigenvalue weighted by Gasteiger charge is -2.12. The number of nitrogens with two attached hydrogens (primary N) is 1. The number of halogens is 2. The van der Waals surface area contributed by atoms with Crippen LogP contribution in [0.25, 0.3) is 10.9 Å². The van der Waals surface area contributed by atoms with E-state index in [-0.39, 0.29) is 32.3 Å². The number of nitrogens with zero attached hydrogens (tertiary/aromatic N) is 3. The highest BCUT2D eigenvalue weighted by Crippen LogP contribution is 2.40. The van der Waals surface area contributed by atoms with Crippen molar-refractivity contribution in [3.63, 3.8) is 0 Å². The number of primary amides is 1. The standard InChI is InChI=1S/C28H23Cl2N5O6S/c1-15(2)21-14-35(42(38,39)19-7-4-16(3)5-8-19)25-9-6-18(12-20(21)25)40-26-22(29)10-17(11-23(26)30)33-34-24(13-31)27(36)41-28(32)37/h4-12,14-15,33H,1-3H3,(H2,32,37)/b34-24-. The number of aromatic nitrogens is 1. The molecule has 0 radical (unpaired) electrons. The first-order chi connectivity index (χ1) is 19.8. The average Bonchev–Trinajstić information content (AvgIpc) is 3.31.